The van der Waals surface area contributed by atoms with Crippen molar-refractivity contribution in [1.29, 1.82) is 0 Å². The third-order valence-corrected chi connectivity index (χ3v) is 5.00. The van der Waals surface area contributed by atoms with E-state index in [1.807, 2.05) is 24.3 Å². The molecule has 0 aromatic heterocycles. The average molecular weight is 376 g/mol. The number of rotatable bonds is 7. The van der Waals surface area contributed by atoms with Crippen molar-refractivity contribution in [3.63, 3.8) is 0 Å². The summed E-state index contributed by atoms with van der Waals surface area (Å²) in [6.07, 6.45) is 1.12. The van der Waals surface area contributed by atoms with Gasteiger partial charge in [0.15, 0.2) is 15.6 Å². The Labute approximate surface area is 154 Å². The highest BCUT2D eigenvalue weighted by Crippen LogP contribution is 2.32. The van der Waals surface area contributed by atoms with E-state index in [0.717, 1.165) is 17.5 Å². The lowest BCUT2D eigenvalue weighted by molar-refractivity contribution is -0.114. The molecule has 0 saturated carbocycles. The predicted octanol–water partition coefficient (Wildman–Crippen LogP) is 3.27. The minimum Gasteiger partial charge on any atom is -0.493 e. The molecular weight excluding hydrogens is 352 g/mol. The topological polar surface area (TPSA) is 84.5 Å². The van der Waals surface area contributed by atoms with Crippen molar-refractivity contribution in [2.24, 2.45) is 0 Å². The molecule has 0 unspecified atom stereocenters. The molecule has 0 spiro atoms. The third kappa shape index (κ3) is 4.76. The Bertz CT molecular complexity index is 892. The van der Waals surface area contributed by atoms with Crippen LogP contribution in [0.2, 0.25) is 0 Å². The van der Waals surface area contributed by atoms with Gasteiger partial charge in [0.25, 0.3) is 0 Å². The number of hydrogen-bond acceptors (Lipinski definition) is 5. The SMILES string of the molecule is COc1c(NCC(=O)Nc2ccccc2C(C)C)cccc1S(C)(=O)=O. The standard InChI is InChI=1S/C19H24N2O4S/c1-13(2)14-8-5-6-9-15(14)21-18(22)12-20-16-10-7-11-17(19(16)25-3)26(4,23)24/h5-11,13,20H,12H2,1-4H3,(H,21,22). The van der Waals surface area contributed by atoms with Crippen LogP contribution in [-0.4, -0.2) is 34.2 Å². The van der Waals surface area contributed by atoms with E-state index >= 15 is 0 Å². The van der Waals surface area contributed by atoms with Crippen LogP contribution in [0.25, 0.3) is 0 Å². The van der Waals surface area contributed by atoms with Gasteiger partial charge in [-0.05, 0) is 29.7 Å². The minimum atomic E-state index is -3.44. The van der Waals surface area contributed by atoms with Crippen molar-refractivity contribution in [1.82, 2.24) is 0 Å². The van der Waals surface area contributed by atoms with Gasteiger partial charge in [-0.15, -0.1) is 0 Å². The Morgan fingerprint density at radius 2 is 1.73 bits per heavy atom. The first kappa shape index (κ1) is 19.8. The molecule has 0 fully saturated rings. The van der Waals surface area contributed by atoms with E-state index in [9.17, 15) is 13.2 Å². The maximum Gasteiger partial charge on any atom is 0.243 e. The third-order valence-electron chi connectivity index (χ3n) is 3.88. The van der Waals surface area contributed by atoms with Gasteiger partial charge in [-0.1, -0.05) is 38.1 Å². The second kappa shape index (κ2) is 8.23. The zero-order chi connectivity index (χ0) is 19.3. The van der Waals surface area contributed by atoms with Crippen LogP contribution < -0.4 is 15.4 Å². The van der Waals surface area contributed by atoms with E-state index in [-0.39, 0.29) is 29.0 Å². The Morgan fingerprint density at radius 1 is 1.08 bits per heavy atom. The number of nitrogens with one attached hydrogen (secondary N) is 2. The van der Waals surface area contributed by atoms with Crippen LogP contribution in [0.3, 0.4) is 0 Å². The molecule has 0 aliphatic heterocycles. The van der Waals surface area contributed by atoms with E-state index in [0.29, 0.717) is 5.69 Å². The van der Waals surface area contributed by atoms with Gasteiger partial charge < -0.3 is 15.4 Å². The lowest BCUT2D eigenvalue weighted by atomic mass is 10.0. The number of ether oxygens (including phenoxy) is 1. The van der Waals surface area contributed by atoms with Gasteiger partial charge in [-0.2, -0.15) is 0 Å². The molecular formula is C19H24N2O4S. The maximum atomic E-state index is 12.3. The number of anilines is 2. The number of benzene rings is 2. The van der Waals surface area contributed by atoms with Crippen LogP contribution in [0.5, 0.6) is 5.75 Å². The summed E-state index contributed by atoms with van der Waals surface area (Å²) in [4.78, 5) is 12.4. The van der Waals surface area contributed by atoms with Crippen LogP contribution >= 0.6 is 0 Å². The fourth-order valence-electron chi connectivity index (χ4n) is 2.64. The fraction of sp³-hybridized carbons (Fsp3) is 0.316. The smallest absolute Gasteiger partial charge is 0.243 e. The lowest BCUT2D eigenvalue weighted by Crippen LogP contribution is -2.23. The summed E-state index contributed by atoms with van der Waals surface area (Å²) in [6.45, 7) is 4.10. The van der Waals surface area contributed by atoms with Gasteiger partial charge >= 0.3 is 0 Å². The van der Waals surface area contributed by atoms with Crippen molar-refractivity contribution < 1.29 is 17.9 Å². The number of hydrogen-bond donors (Lipinski definition) is 2. The molecule has 0 bridgehead atoms. The highest BCUT2D eigenvalue weighted by Gasteiger charge is 2.18. The molecule has 0 aliphatic carbocycles. The summed E-state index contributed by atoms with van der Waals surface area (Å²) in [5, 5.41) is 5.83. The van der Waals surface area contributed by atoms with Crippen LogP contribution in [0.1, 0.15) is 25.3 Å². The van der Waals surface area contributed by atoms with Crippen molar-refractivity contribution >= 4 is 27.1 Å². The van der Waals surface area contributed by atoms with E-state index in [1.165, 1.54) is 13.2 Å². The Hall–Kier alpha value is -2.54. The lowest BCUT2D eigenvalue weighted by Gasteiger charge is -2.16. The summed E-state index contributed by atoms with van der Waals surface area (Å²) in [7, 11) is -2.04. The number of methoxy groups -OCH3 is 1. The molecule has 6 nitrogen and oxygen atoms in total. The Kier molecular flexibility index (Phi) is 6.26. The zero-order valence-electron chi connectivity index (χ0n) is 15.4. The zero-order valence-corrected chi connectivity index (χ0v) is 16.2. The maximum absolute atomic E-state index is 12.3. The minimum absolute atomic E-state index is 0.0179. The fourth-order valence-corrected chi connectivity index (χ4v) is 3.50. The number of carbonyl (C=O) groups excluding carboxylic acids is 1. The number of sulfone groups is 1. The predicted molar refractivity (Wildman–Crippen MR) is 104 cm³/mol. The van der Waals surface area contributed by atoms with Gasteiger partial charge in [0.05, 0.1) is 19.3 Å². The second-order valence-electron chi connectivity index (χ2n) is 6.25. The number of para-hydroxylation sites is 2. The largest absolute Gasteiger partial charge is 0.493 e. The first-order chi connectivity index (χ1) is 12.2. The molecule has 2 N–H and O–H groups in total. The molecule has 26 heavy (non-hydrogen) atoms. The van der Waals surface area contributed by atoms with Crippen molar-refractivity contribution in [2.75, 3.05) is 30.5 Å². The molecule has 0 atom stereocenters. The highest BCUT2D eigenvalue weighted by atomic mass is 32.2. The monoisotopic (exact) mass is 376 g/mol. The van der Waals surface area contributed by atoms with Gasteiger partial charge in [-0.3, -0.25) is 4.79 Å². The molecule has 0 radical (unpaired) electrons. The first-order valence-electron chi connectivity index (χ1n) is 8.23. The molecule has 140 valence electrons. The quantitative estimate of drug-likeness (QED) is 0.775. The Morgan fingerprint density at radius 3 is 2.35 bits per heavy atom. The van der Waals surface area contributed by atoms with E-state index in [2.05, 4.69) is 24.5 Å². The number of carbonyl (C=O) groups is 1. The van der Waals surface area contributed by atoms with Crippen LogP contribution in [0, 0.1) is 0 Å². The second-order valence-corrected chi connectivity index (χ2v) is 8.24. The molecule has 2 rings (SSSR count). The van der Waals surface area contributed by atoms with Crippen LogP contribution in [-0.2, 0) is 14.6 Å². The normalized spacial score (nSPS) is 11.3. The molecule has 0 aliphatic rings. The summed E-state index contributed by atoms with van der Waals surface area (Å²) in [5.41, 5.74) is 2.27. The molecule has 2 aromatic rings. The van der Waals surface area contributed by atoms with E-state index in [1.54, 1.807) is 12.1 Å². The van der Waals surface area contributed by atoms with Gasteiger partial charge in [0, 0.05) is 11.9 Å². The highest BCUT2D eigenvalue weighted by molar-refractivity contribution is 7.90. The van der Waals surface area contributed by atoms with E-state index < -0.39 is 9.84 Å². The molecule has 0 heterocycles. The summed E-state index contributed by atoms with van der Waals surface area (Å²) < 4.78 is 28.9. The molecule has 0 saturated heterocycles. The van der Waals surface area contributed by atoms with E-state index in [4.69, 9.17) is 4.74 Å². The molecule has 7 heteroatoms. The van der Waals surface area contributed by atoms with Crippen molar-refractivity contribution in [3.05, 3.63) is 48.0 Å². The molecule has 1 amide bonds. The van der Waals surface area contributed by atoms with Crippen LogP contribution in [0.15, 0.2) is 47.4 Å². The van der Waals surface area contributed by atoms with Gasteiger partial charge in [-0.25, -0.2) is 8.42 Å². The summed E-state index contributed by atoms with van der Waals surface area (Å²) in [6, 6.07) is 12.4. The number of amides is 1. The summed E-state index contributed by atoms with van der Waals surface area (Å²) >= 11 is 0. The Balaban J connectivity index is 2.14. The van der Waals surface area contributed by atoms with Crippen molar-refractivity contribution in [2.45, 2.75) is 24.7 Å². The summed E-state index contributed by atoms with van der Waals surface area (Å²) in [5.74, 6) is 0.251. The van der Waals surface area contributed by atoms with Gasteiger partial charge in [0.1, 0.15) is 4.90 Å². The van der Waals surface area contributed by atoms with Gasteiger partial charge in [0.2, 0.25) is 5.91 Å². The van der Waals surface area contributed by atoms with Crippen LogP contribution in [0.4, 0.5) is 11.4 Å². The first-order valence-corrected chi connectivity index (χ1v) is 10.1. The van der Waals surface area contributed by atoms with Crippen molar-refractivity contribution in [3.8, 4) is 5.75 Å². The average Bonchev–Trinajstić information content (AvgIpc) is 2.59. The molecule has 2 aromatic carbocycles.